The Hall–Kier alpha value is -2.46. The number of nitrogens with one attached hydrogen (secondary N) is 2. The van der Waals surface area contributed by atoms with Gasteiger partial charge >= 0.3 is 0 Å². The van der Waals surface area contributed by atoms with E-state index in [1.54, 1.807) is 0 Å². The Morgan fingerprint density at radius 1 is 1.09 bits per heavy atom. The minimum Gasteiger partial charge on any atom is -0.369 e. The van der Waals surface area contributed by atoms with Gasteiger partial charge in [-0.2, -0.15) is 0 Å². The first-order chi connectivity index (χ1) is 10.7. The molecule has 0 fully saturated rings. The van der Waals surface area contributed by atoms with Crippen molar-refractivity contribution in [1.82, 2.24) is 10.3 Å². The van der Waals surface area contributed by atoms with Gasteiger partial charge in [-0.1, -0.05) is 60.7 Å². The molecule has 0 aliphatic carbocycles. The number of carbonyl (C=O) groups excluding carboxylic acids is 1. The van der Waals surface area contributed by atoms with Crippen LogP contribution in [0.3, 0.4) is 0 Å². The van der Waals surface area contributed by atoms with Gasteiger partial charge in [-0.25, -0.2) is 0 Å². The summed E-state index contributed by atoms with van der Waals surface area (Å²) in [4.78, 5) is 16.1. The maximum absolute atomic E-state index is 12.6. The number of Topliss-reactive ketones (excluding diaryl/α,β-unsaturated/α-hetero) is 1. The predicted octanol–water partition coefficient (Wildman–Crippen LogP) is 3.78. The molecule has 1 heterocycles. The maximum Gasteiger partial charge on any atom is 0.222 e. The average molecular weight is 308 g/mol. The lowest BCUT2D eigenvalue weighted by molar-refractivity contribution is 0.106. The molecule has 0 saturated heterocycles. The fourth-order valence-electron chi connectivity index (χ4n) is 2.54. The van der Waals surface area contributed by atoms with Crippen molar-refractivity contribution >= 4 is 33.9 Å². The highest BCUT2D eigenvalue weighted by molar-refractivity contribution is 7.82. The van der Waals surface area contributed by atoms with E-state index in [0.29, 0.717) is 12.1 Å². The molecular formula is C18H16N2OS. The number of aryl methyl sites for hydroxylation is 1. The number of rotatable bonds is 4. The van der Waals surface area contributed by atoms with E-state index in [2.05, 4.69) is 10.3 Å². The number of H-pyrrole nitrogens is 1. The number of aromatic nitrogens is 1. The molecule has 0 spiro atoms. The number of fused-ring (bicyclic) bond motifs is 1. The minimum atomic E-state index is -0.138. The summed E-state index contributed by atoms with van der Waals surface area (Å²) >= 11 is 5.27. The highest BCUT2D eigenvalue weighted by atomic mass is 32.1. The molecule has 3 aromatic rings. The molecule has 0 bridgehead atoms. The number of ketones is 1. The van der Waals surface area contributed by atoms with Crippen molar-refractivity contribution in [2.24, 2.45) is 0 Å². The van der Waals surface area contributed by atoms with Crippen molar-refractivity contribution in [3.63, 3.8) is 0 Å². The van der Waals surface area contributed by atoms with E-state index in [1.807, 2.05) is 61.5 Å². The first kappa shape index (κ1) is 14.5. The largest absolute Gasteiger partial charge is 0.369 e. The highest BCUT2D eigenvalue weighted by Gasteiger charge is 2.19. The SMILES string of the molecule is Cc1[nH]c2ccccc2c1C(=O)C(=S)NCc1ccccc1. The second-order valence-corrected chi connectivity index (χ2v) is 5.58. The molecule has 2 aromatic carbocycles. The second-order valence-electron chi connectivity index (χ2n) is 5.17. The molecule has 3 rings (SSSR count). The topological polar surface area (TPSA) is 44.9 Å². The average Bonchev–Trinajstić information content (AvgIpc) is 2.88. The van der Waals surface area contributed by atoms with E-state index in [9.17, 15) is 4.79 Å². The van der Waals surface area contributed by atoms with Crippen LogP contribution in [-0.4, -0.2) is 15.8 Å². The first-order valence-corrected chi connectivity index (χ1v) is 7.51. The van der Waals surface area contributed by atoms with E-state index in [4.69, 9.17) is 12.2 Å². The standard InChI is InChI=1S/C18H16N2OS/c1-12-16(14-9-5-6-10-15(14)20-12)17(21)18(22)19-11-13-7-3-2-4-8-13/h2-10,20H,11H2,1H3,(H,19,22). The normalized spacial score (nSPS) is 10.6. The van der Waals surface area contributed by atoms with Crippen LogP contribution in [0.4, 0.5) is 0 Å². The Kier molecular flexibility index (Phi) is 4.02. The van der Waals surface area contributed by atoms with Gasteiger partial charge in [0.05, 0.1) is 5.56 Å². The molecule has 110 valence electrons. The van der Waals surface area contributed by atoms with Crippen LogP contribution in [0.25, 0.3) is 10.9 Å². The summed E-state index contributed by atoms with van der Waals surface area (Å²) in [5.74, 6) is -0.138. The Labute approximate surface area is 134 Å². The van der Waals surface area contributed by atoms with Gasteiger partial charge in [0.2, 0.25) is 5.78 Å². The molecule has 2 N–H and O–H groups in total. The van der Waals surface area contributed by atoms with Crippen LogP contribution in [0.15, 0.2) is 54.6 Å². The third-order valence-electron chi connectivity index (χ3n) is 3.62. The van der Waals surface area contributed by atoms with Gasteiger partial charge in [-0.05, 0) is 18.6 Å². The van der Waals surface area contributed by atoms with Crippen molar-refractivity contribution in [1.29, 1.82) is 0 Å². The van der Waals surface area contributed by atoms with Gasteiger partial charge in [0, 0.05) is 23.1 Å². The van der Waals surface area contributed by atoms with E-state index in [1.165, 1.54) is 0 Å². The summed E-state index contributed by atoms with van der Waals surface area (Å²) < 4.78 is 0. The van der Waals surface area contributed by atoms with Crippen LogP contribution < -0.4 is 5.32 Å². The van der Waals surface area contributed by atoms with Crippen molar-refractivity contribution in [3.8, 4) is 0 Å². The van der Waals surface area contributed by atoms with Crippen LogP contribution in [0.5, 0.6) is 0 Å². The van der Waals surface area contributed by atoms with Crippen LogP contribution in [0.1, 0.15) is 21.6 Å². The zero-order valence-corrected chi connectivity index (χ0v) is 13.0. The first-order valence-electron chi connectivity index (χ1n) is 7.10. The van der Waals surface area contributed by atoms with Crippen LogP contribution in [-0.2, 0) is 6.54 Å². The molecule has 0 saturated carbocycles. The molecule has 0 aliphatic heterocycles. The van der Waals surface area contributed by atoms with Gasteiger partial charge in [-0.15, -0.1) is 0 Å². The summed E-state index contributed by atoms with van der Waals surface area (Å²) in [6.07, 6.45) is 0. The zero-order chi connectivity index (χ0) is 15.5. The molecule has 0 aliphatic rings. The third-order valence-corrected chi connectivity index (χ3v) is 3.95. The lowest BCUT2D eigenvalue weighted by Gasteiger charge is -2.07. The van der Waals surface area contributed by atoms with E-state index >= 15 is 0 Å². The van der Waals surface area contributed by atoms with Gasteiger partial charge < -0.3 is 10.3 Å². The van der Waals surface area contributed by atoms with Gasteiger partial charge in [0.1, 0.15) is 4.99 Å². The lowest BCUT2D eigenvalue weighted by Crippen LogP contribution is -2.29. The van der Waals surface area contributed by atoms with E-state index in [0.717, 1.165) is 22.2 Å². The minimum absolute atomic E-state index is 0.138. The summed E-state index contributed by atoms with van der Waals surface area (Å²) in [6.45, 7) is 2.44. The molecule has 4 heteroatoms. The van der Waals surface area contributed by atoms with Crippen molar-refractivity contribution in [2.75, 3.05) is 0 Å². The molecule has 3 nitrogen and oxygen atoms in total. The molecule has 22 heavy (non-hydrogen) atoms. The highest BCUT2D eigenvalue weighted by Crippen LogP contribution is 2.22. The maximum atomic E-state index is 12.6. The fraction of sp³-hybridized carbons (Fsp3) is 0.111. The molecule has 0 unspecified atom stereocenters. The van der Waals surface area contributed by atoms with Crippen molar-refractivity contribution < 1.29 is 4.79 Å². The fourth-order valence-corrected chi connectivity index (χ4v) is 2.72. The van der Waals surface area contributed by atoms with Gasteiger partial charge in [0.25, 0.3) is 0 Å². The predicted molar refractivity (Wildman–Crippen MR) is 93.2 cm³/mol. The number of aromatic amines is 1. The summed E-state index contributed by atoms with van der Waals surface area (Å²) in [5.41, 5.74) is 3.54. The van der Waals surface area contributed by atoms with Gasteiger partial charge in [-0.3, -0.25) is 4.79 Å². The summed E-state index contributed by atoms with van der Waals surface area (Å²) in [7, 11) is 0. The van der Waals surface area contributed by atoms with Crippen molar-refractivity contribution in [3.05, 3.63) is 71.4 Å². The van der Waals surface area contributed by atoms with Crippen LogP contribution in [0.2, 0.25) is 0 Å². The lowest BCUT2D eigenvalue weighted by atomic mass is 10.1. The van der Waals surface area contributed by atoms with Crippen molar-refractivity contribution in [2.45, 2.75) is 13.5 Å². The van der Waals surface area contributed by atoms with E-state index in [-0.39, 0.29) is 10.8 Å². The quantitative estimate of drug-likeness (QED) is 0.569. The smallest absolute Gasteiger partial charge is 0.222 e. The number of para-hydroxylation sites is 1. The Morgan fingerprint density at radius 2 is 1.77 bits per heavy atom. The Morgan fingerprint density at radius 3 is 2.55 bits per heavy atom. The van der Waals surface area contributed by atoms with E-state index < -0.39 is 0 Å². The second kappa shape index (κ2) is 6.12. The van der Waals surface area contributed by atoms with Crippen LogP contribution in [0, 0.1) is 6.92 Å². The monoisotopic (exact) mass is 308 g/mol. The molecule has 1 aromatic heterocycles. The van der Waals surface area contributed by atoms with Gasteiger partial charge in [0.15, 0.2) is 0 Å². The summed E-state index contributed by atoms with van der Waals surface area (Å²) in [6, 6.07) is 17.6. The number of hydrogen-bond acceptors (Lipinski definition) is 2. The zero-order valence-electron chi connectivity index (χ0n) is 12.2. The number of thiocarbonyl (C=S) groups is 1. The number of benzene rings is 2. The molecule has 0 amide bonds. The third kappa shape index (κ3) is 2.78. The molecular weight excluding hydrogens is 292 g/mol. The Bertz CT molecular complexity index is 837. The molecule has 0 atom stereocenters. The number of hydrogen-bond donors (Lipinski definition) is 2. The Balaban J connectivity index is 1.80. The number of carbonyl (C=O) groups is 1. The van der Waals surface area contributed by atoms with Crippen LogP contribution >= 0.6 is 12.2 Å². The summed E-state index contributed by atoms with van der Waals surface area (Å²) in [5, 5.41) is 3.96. The molecule has 0 radical (unpaired) electrons.